The Morgan fingerprint density at radius 1 is 1.23 bits per heavy atom. The number of carbonyl (C=O) groups is 1. The highest BCUT2D eigenvalue weighted by molar-refractivity contribution is 5.64. The largest absolute Gasteiger partial charge is 0.550 e. The summed E-state index contributed by atoms with van der Waals surface area (Å²) in [4.78, 5) is 12.2. The third kappa shape index (κ3) is 5.22. The predicted molar refractivity (Wildman–Crippen MR) is 81.2 cm³/mol. The van der Waals surface area contributed by atoms with Gasteiger partial charge in [0, 0.05) is 5.97 Å². The maximum Gasteiger partial charge on any atom is 0.161 e. The molecule has 22 heavy (non-hydrogen) atoms. The van der Waals surface area contributed by atoms with Crippen molar-refractivity contribution in [3.63, 3.8) is 0 Å². The minimum atomic E-state index is -1.04. The van der Waals surface area contributed by atoms with Crippen LogP contribution in [0.3, 0.4) is 0 Å². The molecule has 1 aliphatic rings. The molecule has 2 rings (SSSR count). The normalized spacial score (nSPS) is 15.5. The van der Waals surface area contributed by atoms with Crippen molar-refractivity contribution in [3.05, 3.63) is 23.8 Å². The Morgan fingerprint density at radius 3 is 2.68 bits per heavy atom. The number of hydrogen-bond acceptors (Lipinski definition) is 4. The molecule has 122 valence electrons. The van der Waals surface area contributed by atoms with Gasteiger partial charge in [-0.3, -0.25) is 0 Å². The van der Waals surface area contributed by atoms with E-state index in [0.29, 0.717) is 24.5 Å². The summed E-state index contributed by atoms with van der Waals surface area (Å²) in [5.74, 6) is 0.340. The van der Waals surface area contributed by atoms with Crippen LogP contribution in [0.15, 0.2) is 18.2 Å². The molecule has 1 aliphatic heterocycles. The minimum absolute atomic E-state index is 0.0176. The van der Waals surface area contributed by atoms with Crippen molar-refractivity contribution in [2.45, 2.75) is 32.1 Å². The SMILES string of the molecule is COc1ccc(CCC(=O)[O-])cc1OCC[NH+]1CCCCC1. The van der Waals surface area contributed by atoms with E-state index in [2.05, 4.69) is 0 Å². The molecule has 5 nitrogen and oxygen atoms in total. The second-order valence-corrected chi connectivity index (χ2v) is 5.77. The maximum absolute atomic E-state index is 10.6. The summed E-state index contributed by atoms with van der Waals surface area (Å²) in [6.07, 6.45) is 4.41. The number of nitrogens with one attached hydrogen (secondary N) is 1. The number of quaternary nitrogens is 1. The molecular weight excluding hydrogens is 282 g/mol. The molecule has 5 heteroatoms. The van der Waals surface area contributed by atoms with Gasteiger partial charge < -0.3 is 24.3 Å². The Kier molecular flexibility index (Phi) is 6.52. The van der Waals surface area contributed by atoms with E-state index in [0.717, 1.165) is 12.1 Å². The van der Waals surface area contributed by atoms with Crippen molar-refractivity contribution < 1.29 is 24.3 Å². The molecule has 0 spiro atoms. The molecule has 0 bridgehead atoms. The number of carboxylic acid groups (broad SMARTS) is 1. The van der Waals surface area contributed by atoms with Crippen LogP contribution in [0.25, 0.3) is 0 Å². The van der Waals surface area contributed by atoms with Crippen molar-refractivity contribution >= 4 is 5.97 Å². The highest BCUT2D eigenvalue weighted by Crippen LogP contribution is 2.28. The highest BCUT2D eigenvalue weighted by Gasteiger charge is 2.14. The van der Waals surface area contributed by atoms with Crippen LogP contribution in [0, 0.1) is 0 Å². The first kappa shape index (κ1) is 16.6. The van der Waals surface area contributed by atoms with Crippen LogP contribution in [0.5, 0.6) is 11.5 Å². The van der Waals surface area contributed by atoms with Gasteiger partial charge >= 0.3 is 0 Å². The molecule has 1 heterocycles. The van der Waals surface area contributed by atoms with Crippen LogP contribution in [-0.4, -0.2) is 39.3 Å². The van der Waals surface area contributed by atoms with Gasteiger partial charge in [0.25, 0.3) is 0 Å². The zero-order valence-corrected chi connectivity index (χ0v) is 13.2. The molecule has 0 amide bonds. The van der Waals surface area contributed by atoms with Crippen LogP contribution < -0.4 is 19.5 Å². The number of methoxy groups -OCH3 is 1. The smallest absolute Gasteiger partial charge is 0.161 e. The summed E-state index contributed by atoms with van der Waals surface area (Å²) in [7, 11) is 1.61. The third-order valence-corrected chi connectivity index (χ3v) is 4.12. The number of hydrogen-bond donors (Lipinski definition) is 1. The highest BCUT2D eigenvalue weighted by atomic mass is 16.5. The van der Waals surface area contributed by atoms with Crippen LogP contribution in [-0.2, 0) is 11.2 Å². The summed E-state index contributed by atoms with van der Waals surface area (Å²) in [6, 6.07) is 5.56. The van der Waals surface area contributed by atoms with Crippen molar-refractivity contribution in [2.24, 2.45) is 0 Å². The molecule has 1 aromatic rings. The van der Waals surface area contributed by atoms with Gasteiger partial charge in [0.1, 0.15) is 13.2 Å². The second kappa shape index (κ2) is 8.63. The van der Waals surface area contributed by atoms with Gasteiger partial charge in [-0.1, -0.05) is 6.07 Å². The average molecular weight is 307 g/mol. The van der Waals surface area contributed by atoms with Crippen molar-refractivity contribution in [1.29, 1.82) is 0 Å². The van der Waals surface area contributed by atoms with Crippen molar-refractivity contribution in [3.8, 4) is 11.5 Å². The van der Waals surface area contributed by atoms with E-state index in [1.807, 2.05) is 18.2 Å². The van der Waals surface area contributed by atoms with Crippen LogP contribution in [0.4, 0.5) is 0 Å². The molecule has 1 N–H and O–H groups in total. The Balaban J connectivity index is 1.89. The lowest BCUT2D eigenvalue weighted by Crippen LogP contribution is -3.13. The van der Waals surface area contributed by atoms with Crippen molar-refractivity contribution in [2.75, 3.05) is 33.4 Å². The van der Waals surface area contributed by atoms with Gasteiger partial charge in [0.05, 0.1) is 20.2 Å². The van der Waals surface area contributed by atoms with Gasteiger partial charge in [-0.2, -0.15) is 0 Å². The Bertz CT molecular complexity index is 484. The number of piperidine rings is 1. The molecule has 1 saturated heterocycles. The monoisotopic (exact) mass is 307 g/mol. The molecule has 0 radical (unpaired) electrons. The predicted octanol–water partition coefficient (Wildman–Crippen LogP) is -0.175. The fourth-order valence-corrected chi connectivity index (χ4v) is 2.84. The zero-order chi connectivity index (χ0) is 15.8. The molecule has 0 aliphatic carbocycles. The molecule has 0 aromatic heterocycles. The number of ether oxygens (including phenoxy) is 2. The number of benzene rings is 1. The quantitative estimate of drug-likeness (QED) is 0.724. The maximum atomic E-state index is 10.6. The lowest BCUT2D eigenvalue weighted by Gasteiger charge is -2.23. The zero-order valence-electron chi connectivity index (χ0n) is 13.2. The number of carboxylic acids is 1. The topological polar surface area (TPSA) is 63.0 Å². The van der Waals surface area contributed by atoms with E-state index in [4.69, 9.17) is 9.47 Å². The van der Waals surface area contributed by atoms with Crippen LogP contribution in [0.1, 0.15) is 31.2 Å². The van der Waals surface area contributed by atoms with Gasteiger partial charge in [-0.15, -0.1) is 0 Å². The fourth-order valence-electron chi connectivity index (χ4n) is 2.84. The van der Waals surface area contributed by atoms with E-state index < -0.39 is 5.97 Å². The molecule has 0 saturated carbocycles. The number of rotatable bonds is 8. The lowest BCUT2D eigenvalue weighted by atomic mass is 10.1. The summed E-state index contributed by atoms with van der Waals surface area (Å²) in [5, 5.41) is 10.6. The van der Waals surface area contributed by atoms with Gasteiger partial charge in [0.15, 0.2) is 11.5 Å². The summed E-state index contributed by atoms with van der Waals surface area (Å²) >= 11 is 0. The standard InChI is InChI=1S/C17H25NO4/c1-21-15-7-5-14(6-8-17(19)20)13-16(15)22-12-11-18-9-3-2-4-10-18/h5,7,13H,2-4,6,8-12H2,1H3,(H,19,20). The Morgan fingerprint density at radius 2 is 2.00 bits per heavy atom. The summed E-state index contributed by atoms with van der Waals surface area (Å²) in [5.41, 5.74) is 0.922. The number of likely N-dealkylation sites (tertiary alicyclic amines) is 1. The average Bonchev–Trinajstić information content (AvgIpc) is 2.54. The second-order valence-electron chi connectivity index (χ2n) is 5.77. The minimum Gasteiger partial charge on any atom is -0.550 e. The van der Waals surface area contributed by atoms with Crippen molar-refractivity contribution in [1.82, 2.24) is 0 Å². The fraction of sp³-hybridized carbons (Fsp3) is 0.588. The molecule has 0 atom stereocenters. The van der Waals surface area contributed by atoms with E-state index in [1.165, 1.54) is 32.4 Å². The first-order valence-corrected chi connectivity index (χ1v) is 8.02. The first-order valence-electron chi connectivity index (χ1n) is 8.02. The van der Waals surface area contributed by atoms with Gasteiger partial charge in [-0.25, -0.2) is 0 Å². The summed E-state index contributed by atoms with van der Waals surface area (Å²) < 4.78 is 11.2. The molecule has 1 fully saturated rings. The Hall–Kier alpha value is -1.75. The third-order valence-electron chi connectivity index (χ3n) is 4.12. The van der Waals surface area contributed by atoms with E-state index in [1.54, 1.807) is 12.0 Å². The van der Waals surface area contributed by atoms with E-state index in [-0.39, 0.29) is 6.42 Å². The molecule has 0 unspecified atom stereocenters. The van der Waals surface area contributed by atoms with E-state index in [9.17, 15) is 9.90 Å². The Labute approximate surface area is 131 Å². The number of aryl methyl sites for hydroxylation is 1. The first-order chi connectivity index (χ1) is 10.7. The molecule has 1 aromatic carbocycles. The lowest BCUT2D eigenvalue weighted by molar-refractivity contribution is -0.904. The van der Waals surface area contributed by atoms with E-state index >= 15 is 0 Å². The van der Waals surface area contributed by atoms with Gasteiger partial charge in [0.2, 0.25) is 0 Å². The number of aliphatic carboxylic acids is 1. The molecular formula is C17H25NO4. The van der Waals surface area contributed by atoms with Crippen LogP contribution in [0.2, 0.25) is 0 Å². The summed E-state index contributed by atoms with van der Waals surface area (Å²) in [6.45, 7) is 4.10. The van der Waals surface area contributed by atoms with Gasteiger partial charge in [-0.05, 0) is 49.8 Å². The number of carbonyl (C=O) groups excluding carboxylic acids is 1. The van der Waals surface area contributed by atoms with Crippen LogP contribution >= 0.6 is 0 Å².